The van der Waals surface area contributed by atoms with E-state index in [4.69, 9.17) is 23.2 Å². The fraction of sp³-hybridized carbons (Fsp3) is 0.333. The van der Waals surface area contributed by atoms with Crippen LogP contribution in [0.25, 0.3) is 5.82 Å². The molecule has 0 spiro atoms. The number of anilines is 1. The van der Waals surface area contributed by atoms with Crippen molar-refractivity contribution in [3.63, 3.8) is 0 Å². The summed E-state index contributed by atoms with van der Waals surface area (Å²) in [6, 6.07) is 10.8. The lowest BCUT2D eigenvalue weighted by molar-refractivity contribution is 0.103. The molecule has 4 atom stereocenters. The van der Waals surface area contributed by atoms with Crippen molar-refractivity contribution >= 4 is 29.2 Å². The Morgan fingerprint density at radius 1 is 1.23 bits per heavy atom. The van der Waals surface area contributed by atoms with E-state index in [1.165, 1.54) is 6.20 Å². The van der Waals surface area contributed by atoms with Gasteiger partial charge in [0.05, 0.1) is 18.9 Å². The highest BCUT2D eigenvalue weighted by Crippen LogP contribution is 2.31. The molecule has 1 fully saturated rings. The van der Waals surface area contributed by atoms with Crippen LogP contribution >= 0.6 is 23.2 Å². The monoisotopic (exact) mass is 450 g/mol. The minimum atomic E-state index is -1.26. The molecular weight excluding hydrogens is 430 g/mol. The number of hydrogen-bond acceptors (Lipinski definition) is 5. The van der Waals surface area contributed by atoms with Gasteiger partial charge in [-0.3, -0.25) is 0 Å². The summed E-state index contributed by atoms with van der Waals surface area (Å²) in [7, 11) is 0. The summed E-state index contributed by atoms with van der Waals surface area (Å²) in [5.74, 6) is 0.395. The number of rotatable bonds is 6. The molecule has 1 saturated carbocycles. The van der Waals surface area contributed by atoms with Gasteiger partial charge in [-0.2, -0.15) is 4.98 Å². The zero-order chi connectivity index (χ0) is 21.3. The topological polar surface area (TPSA) is 83.2 Å². The Labute approximate surface area is 183 Å². The van der Waals surface area contributed by atoms with Crippen LogP contribution < -0.4 is 5.32 Å². The Balaban J connectivity index is 1.66. The van der Waals surface area contributed by atoms with Crippen molar-refractivity contribution in [2.45, 2.75) is 37.1 Å². The van der Waals surface area contributed by atoms with Gasteiger partial charge in [-0.25, -0.2) is 9.37 Å². The van der Waals surface area contributed by atoms with Crippen LogP contribution in [0, 0.1) is 0 Å². The maximum Gasteiger partial charge on any atom is 0.224 e. The fourth-order valence-electron chi connectivity index (χ4n) is 3.83. The number of hydrogen-bond donors (Lipinski definition) is 3. The lowest BCUT2D eigenvalue weighted by atomic mass is 9.96. The minimum Gasteiger partial charge on any atom is -0.395 e. The normalized spacial score (nSPS) is 22.2. The van der Waals surface area contributed by atoms with E-state index in [1.807, 2.05) is 30.3 Å². The lowest BCUT2D eigenvalue weighted by Crippen LogP contribution is -2.19. The highest BCUT2D eigenvalue weighted by Gasteiger charge is 2.33. The van der Waals surface area contributed by atoms with Crippen LogP contribution in [0.1, 0.15) is 30.0 Å². The first-order valence-electron chi connectivity index (χ1n) is 9.61. The van der Waals surface area contributed by atoms with Crippen molar-refractivity contribution in [2.75, 3.05) is 11.9 Å². The second kappa shape index (κ2) is 8.89. The zero-order valence-corrected chi connectivity index (χ0v) is 17.4. The third-order valence-corrected chi connectivity index (χ3v) is 5.81. The molecule has 3 aromatic rings. The Morgan fingerprint density at radius 2 is 2.07 bits per heavy atom. The third kappa shape index (κ3) is 4.30. The minimum absolute atomic E-state index is 0.129. The van der Waals surface area contributed by atoms with Crippen LogP contribution in [-0.2, 0) is 0 Å². The number of nitrogens with one attached hydrogen (secondary N) is 1. The molecule has 6 nitrogen and oxygen atoms in total. The molecule has 1 aromatic carbocycles. The molecule has 9 heteroatoms. The molecule has 3 unspecified atom stereocenters. The van der Waals surface area contributed by atoms with E-state index < -0.39 is 12.3 Å². The Hall–Kier alpha value is -2.19. The Kier molecular flexibility index (Phi) is 6.24. The number of halogens is 3. The van der Waals surface area contributed by atoms with Crippen molar-refractivity contribution < 1.29 is 14.6 Å². The molecule has 0 saturated heterocycles. The molecule has 158 valence electrons. The molecule has 2 heterocycles. The van der Waals surface area contributed by atoms with Gasteiger partial charge < -0.3 is 20.1 Å². The molecule has 2 aromatic heterocycles. The first-order valence-corrected chi connectivity index (χ1v) is 10.4. The summed E-state index contributed by atoms with van der Waals surface area (Å²) in [4.78, 5) is 8.70. The van der Waals surface area contributed by atoms with Crippen LogP contribution in [0.5, 0.6) is 0 Å². The van der Waals surface area contributed by atoms with Crippen LogP contribution in [-0.4, -0.2) is 49.7 Å². The quantitative estimate of drug-likeness (QED) is 0.529. The van der Waals surface area contributed by atoms with Crippen molar-refractivity contribution in [2.24, 2.45) is 0 Å². The van der Waals surface area contributed by atoms with Gasteiger partial charge in [-0.1, -0.05) is 35.3 Å². The van der Waals surface area contributed by atoms with E-state index in [1.54, 1.807) is 16.8 Å². The van der Waals surface area contributed by atoms with E-state index in [-0.39, 0.29) is 25.0 Å². The van der Waals surface area contributed by atoms with Gasteiger partial charge in [0.1, 0.15) is 11.2 Å². The SMILES string of the molecule is OC[C@@H](c1cccc(Cl)c1)c1cccn1-c1nc(NC2CC(O)C(F)C2)ncc1Cl. The van der Waals surface area contributed by atoms with Gasteiger partial charge in [0.15, 0.2) is 5.82 Å². The zero-order valence-electron chi connectivity index (χ0n) is 15.9. The van der Waals surface area contributed by atoms with Crippen molar-refractivity contribution in [3.05, 3.63) is 70.1 Å². The summed E-state index contributed by atoms with van der Waals surface area (Å²) in [5.41, 5.74) is 1.65. The third-order valence-electron chi connectivity index (χ3n) is 5.31. The van der Waals surface area contributed by atoms with E-state index in [0.29, 0.717) is 28.2 Å². The molecule has 0 amide bonds. The maximum atomic E-state index is 13.6. The summed E-state index contributed by atoms with van der Waals surface area (Å²) < 4.78 is 15.4. The molecule has 0 aliphatic heterocycles. The second-order valence-electron chi connectivity index (χ2n) is 7.35. The molecule has 1 aliphatic rings. The van der Waals surface area contributed by atoms with Crippen LogP contribution in [0.15, 0.2) is 48.8 Å². The largest absolute Gasteiger partial charge is 0.395 e. The molecule has 1 aliphatic carbocycles. The van der Waals surface area contributed by atoms with Crippen LogP contribution in [0.3, 0.4) is 0 Å². The predicted molar refractivity (Wildman–Crippen MR) is 114 cm³/mol. The highest BCUT2D eigenvalue weighted by molar-refractivity contribution is 6.32. The van der Waals surface area contributed by atoms with Gasteiger partial charge in [0.25, 0.3) is 0 Å². The predicted octanol–water partition coefficient (Wildman–Crippen LogP) is 3.97. The average molecular weight is 451 g/mol. The Bertz CT molecular complexity index is 1020. The number of benzene rings is 1. The smallest absolute Gasteiger partial charge is 0.224 e. The molecule has 3 N–H and O–H groups in total. The van der Waals surface area contributed by atoms with Crippen molar-refractivity contribution in [1.82, 2.24) is 14.5 Å². The van der Waals surface area contributed by atoms with Gasteiger partial charge in [0.2, 0.25) is 5.95 Å². The average Bonchev–Trinajstić information content (AvgIpc) is 3.31. The van der Waals surface area contributed by atoms with Gasteiger partial charge >= 0.3 is 0 Å². The molecular formula is C21H21Cl2FN4O2. The summed E-state index contributed by atoms with van der Waals surface area (Å²) in [5, 5.41) is 23.7. The van der Waals surface area contributed by atoms with Crippen LogP contribution in [0.4, 0.5) is 10.3 Å². The van der Waals surface area contributed by atoms with E-state index in [2.05, 4.69) is 15.3 Å². The van der Waals surface area contributed by atoms with Gasteiger partial charge in [-0.15, -0.1) is 0 Å². The summed E-state index contributed by atoms with van der Waals surface area (Å²) in [6.45, 7) is -0.129. The Morgan fingerprint density at radius 3 is 2.77 bits per heavy atom. The van der Waals surface area contributed by atoms with E-state index in [9.17, 15) is 14.6 Å². The second-order valence-corrected chi connectivity index (χ2v) is 8.20. The van der Waals surface area contributed by atoms with E-state index >= 15 is 0 Å². The van der Waals surface area contributed by atoms with Crippen molar-refractivity contribution in [3.8, 4) is 5.82 Å². The first-order chi connectivity index (χ1) is 14.5. The number of nitrogens with zero attached hydrogens (tertiary/aromatic N) is 3. The molecule has 0 bridgehead atoms. The number of aliphatic hydroxyl groups excluding tert-OH is 2. The highest BCUT2D eigenvalue weighted by atomic mass is 35.5. The lowest BCUT2D eigenvalue weighted by Gasteiger charge is -2.19. The standard InChI is InChI=1S/C21H21Cl2FN4O2/c22-13-4-1-3-12(7-13)15(11-29)18-5-2-6-28(18)20-16(23)10-25-21(27-20)26-14-8-17(24)19(30)9-14/h1-7,10,14-15,17,19,29-30H,8-9,11H2,(H,25,26,27)/t14?,15-,17?,19?/m0/s1. The summed E-state index contributed by atoms with van der Waals surface area (Å²) >= 11 is 12.5. The molecule has 30 heavy (non-hydrogen) atoms. The number of aliphatic hydroxyl groups is 2. The van der Waals surface area contributed by atoms with Gasteiger partial charge in [-0.05, 0) is 36.2 Å². The van der Waals surface area contributed by atoms with Crippen molar-refractivity contribution in [1.29, 1.82) is 0 Å². The van der Waals surface area contributed by atoms with Crippen LogP contribution in [0.2, 0.25) is 10.0 Å². The number of alkyl halides is 1. The molecule has 4 rings (SSSR count). The van der Waals surface area contributed by atoms with Gasteiger partial charge in [0, 0.05) is 35.3 Å². The summed E-state index contributed by atoms with van der Waals surface area (Å²) in [6.07, 6.45) is 1.53. The molecule has 0 radical (unpaired) electrons. The first kappa shape index (κ1) is 21.1. The maximum absolute atomic E-state index is 13.6. The fourth-order valence-corrected chi connectivity index (χ4v) is 4.21. The van der Waals surface area contributed by atoms with E-state index in [0.717, 1.165) is 11.3 Å². The number of aromatic nitrogens is 3.